The van der Waals surface area contributed by atoms with Crippen LogP contribution in [0.15, 0.2) is 30.3 Å². The molecule has 7 heteroatoms. The predicted molar refractivity (Wildman–Crippen MR) is 102 cm³/mol. The Morgan fingerprint density at radius 2 is 1.77 bits per heavy atom. The van der Waals surface area contributed by atoms with Crippen molar-refractivity contribution in [2.75, 3.05) is 6.61 Å². The third kappa shape index (κ3) is 5.23. The molecule has 26 heavy (non-hydrogen) atoms. The molecule has 0 unspecified atom stereocenters. The molecule has 1 aromatic carbocycles. The van der Waals surface area contributed by atoms with Gasteiger partial charge in [0.05, 0.1) is 11.5 Å². The molecule has 0 bridgehead atoms. The fraction of sp³-hybridized carbons (Fsp3) is 0.368. The number of carbonyl (C=O) groups is 2. The highest BCUT2D eigenvalue weighted by Gasteiger charge is 2.17. The summed E-state index contributed by atoms with van der Waals surface area (Å²) in [6.07, 6.45) is 0.110. The van der Waals surface area contributed by atoms with Crippen LogP contribution in [0.1, 0.15) is 40.9 Å². The average molecular weight is 376 g/mol. The van der Waals surface area contributed by atoms with Crippen molar-refractivity contribution in [2.24, 2.45) is 0 Å². The van der Waals surface area contributed by atoms with Gasteiger partial charge in [0.15, 0.2) is 6.10 Å². The second-order valence-corrected chi connectivity index (χ2v) is 6.91. The highest BCUT2D eigenvalue weighted by molar-refractivity contribution is 7.14. The molecule has 0 spiro atoms. The summed E-state index contributed by atoms with van der Waals surface area (Å²) >= 11 is 1.41. The largest absolute Gasteiger partial charge is 0.494 e. The molecule has 0 saturated heterocycles. The summed E-state index contributed by atoms with van der Waals surface area (Å²) in [4.78, 5) is 25.9. The van der Waals surface area contributed by atoms with E-state index in [9.17, 15) is 9.59 Å². The van der Waals surface area contributed by atoms with Gasteiger partial charge in [-0.15, -0.1) is 11.3 Å². The van der Waals surface area contributed by atoms with Crippen LogP contribution in [0.2, 0.25) is 0 Å². The molecule has 2 N–H and O–H groups in total. The second kappa shape index (κ2) is 9.24. The van der Waals surface area contributed by atoms with Crippen molar-refractivity contribution in [3.8, 4) is 11.5 Å². The molecule has 6 nitrogen and oxygen atoms in total. The summed E-state index contributed by atoms with van der Waals surface area (Å²) < 4.78 is 10.9. The second-order valence-electron chi connectivity index (χ2n) is 5.65. The van der Waals surface area contributed by atoms with Crippen LogP contribution in [0.3, 0.4) is 0 Å². The number of amides is 2. The van der Waals surface area contributed by atoms with E-state index >= 15 is 0 Å². The Bertz CT molecular complexity index is 755. The van der Waals surface area contributed by atoms with Crippen LogP contribution in [0.5, 0.6) is 11.5 Å². The molecule has 0 radical (unpaired) electrons. The van der Waals surface area contributed by atoms with Crippen molar-refractivity contribution in [2.45, 2.75) is 40.2 Å². The summed E-state index contributed by atoms with van der Waals surface area (Å²) in [5.74, 6) is 0.515. The quantitative estimate of drug-likeness (QED) is 0.728. The van der Waals surface area contributed by atoms with Crippen molar-refractivity contribution in [1.82, 2.24) is 10.9 Å². The Hall–Kier alpha value is -2.54. The summed E-state index contributed by atoms with van der Waals surface area (Å²) in [7, 11) is 0. The van der Waals surface area contributed by atoms with E-state index in [1.807, 2.05) is 26.8 Å². The van der Waals surface area contributed by atoms with Crippen molar-refractivity contribution in [3.63, 3.8) is 0 Å². The SMILES string of the molecule is CCOc1ccc(O[C@@H](C)C(=O)NNC(=O)c2cc(CC)c(C)s2)cc1. The Balaban J connectivity index is 1.85. The number of carbonyl (C=O) groups excluding carboxylic acids is 2. The van der Waals surface area contributed by atoms with E-state index in [2.05, 4.69) is 10.9 Å². The first-order chi connectivity index (χ1) is 12.4. The summed E-state index contributed by atoms with van der Waals surface area (Å²) in [6, 6.07) is 8.86. The Morgan fingerprint density at radius 3 is 2.35 bits per heavy atom. The lowest BCUT2D eigenvalue weighted by Crippen LogP contribution is -2.47. The third-order valence-electron chi connectivity index (χ3n) is 3.74. The van der Waals surface area contributed by atoms with E-state index in [-0.39, 0.29) is 5.91 Å². The minimum atomic E-state index is -0.760. The lowest BCUT2D eigenvalue weighted by Gasteiger charge is -2.15. The first-order valence-corrected chi connectivity index (χ1v) is 9.35. The summed E-state index contributed by atoms with van der Waals surface area (Å²) in [5, 5.41) is 0. The van der Waals surface area contributed by atoms with Gasteiger partial charge in [0.2, 0.25) is 0 Å². The van der Waals surface area contributed by atoms with Gasteiger partial charge in [0.25, 0.3) is 11.8 Å². The van der Waals surface area contributed by atoms with E-state index in [1.54, 1.807) is 31.2 Å². The number of hydrogen-bond donors (Lipinski definition) is 2. The van der Waals surface area contributed by atoms with Gasteiger partial charge in [-0.05, 0) is 63.1 Å². The smallest absolute Gasteiger partial charge is 0.279 e. The Morgan fingerprint density at radius 1 is 1.12 bits per heavy atom. The number of ether oxygens (including phenoxy) is 2. The first kappa shape index (κ1) is 19.8. The van der Waals surface area contributed by atoms with Gasteiger partial charge in [-0.25, -0.2) is 0 Å². The maximum Gasteiger partial charge on any atom is 0.279 e. The Labute approximate surface area is 157 Å². The Kier molecular flexibility index (Phi) is 7.03. The van der Waals surface area contributed by atoms with Gasteiger partial charge in [-0.1, -0.05) is 6.92 Å². The number of aryl methyl sites for hydroxylation is 2. The van der Waals surface area contributed by atoms with Crippen molar-refractivity contribution in [1.29, 1.82) is 0 Å². The monoisotopic (exact) mass is 376 g/mol. The molecule has 0 saturated carbocycles. The molecular weight excluding hydrogens is 352 g/mol. The van der Waals surface area contributed by atoms with Crippen LogP contribution in [0.4, 0.5) is 0 Å². The zero-order valence-electron chi connectivity index (χ0n) is 15.4. The maximum absolute atomic E-state index is 12.1. The third-order valence-corrected chi connectivity index (χ3v) is 4.83. The molecule has 0 aliphatic heterocycles. The zero-order valence-corrected chi connectivity index (χ0v) is 16.2. The molecule has 2 aromatic rings. The normalized spacial score (nSPS) is 11.5. The van der Waals surface area contributed by atoms with Crippen LogP contribution >= 0.6 is 11.3 Å². The average Bonchev–Trinajstić information content (AvgIpc) is 3.02. The number of benzene rings is 1. The molecule has 1 atom stereocenters. The van der Waals surface area contributed by atoms with Gasteiger partial charge in [-0.2, -0.15) is 0 Å². The molecule has 1 heterocycles. The van der Waals surface area contributed by atoms with E-state index < -0.39 is 12.0 Å². The maximum atomic E-state index is 12.1. The number of hydrazine groups is 1. The fourth-order valence-electron chi connectivity index (χ4n) is 2.30. The number of rotatable bonds is 7. The van der Waals surface area contributed by atoms with Gasteiger partial charge in [0.1, 0.15) is 11.5 Å². The summed E-state index contributed by atoms with van der Waals surface area (Å²) in [6.45, 7) is 8.13. The molecule has 0 fully saturated rings. The van der Waals surface area contributed by atoms with Crippen LogP contribution in [0.25, 0.3) is 0 Å². The van der Waals surface area contributed by atoms with Crippen molar-refractivity contribution < 1.29 is 19.1 Å². The van der Waals surface area contributed by atoms with Crippen LogP contribution in [-0.2, 0) is 11.2 Å². The first-order valence-electron chi connectivity index (χ1n) is 8.53. The molecule has 2 amide bonds. The number of nitrogens with one attached hydrogen (secondary N) is 2. The lowest BCUT2D eigenvalue weighted by molar-refractivity contribution is -0.128. The van der Waals surface area contributed by atoms with Crippen LogP contribution in [-0.4, -0.2) is 24.5 Å². The van der Waals surface area contributed by atoms with Crippen LogP contribution < -0.4 is 20.3 Å². The molecule has 0 aliphatic rings. The molecule has 140 valence electrons. The van der Waals surface area contributed by atoms with E-state index in [4.69, 9.17) is 9.47 Å². The highest BCUT2D eigenvalue weighted by Crippen LogP contribution is 2.22. The topological polar surface area (TPSA) is 76.7 Å². The fourth-order valence-corrected chi connectivity index (χ4v) is 3.31. The molecule has 1 aromatic heterocycles. The van der Waals surface area contributed by atoms with Gasteiger partial charge < -0.3 is 9.47 Å². The van der Waals surface area contributed by atoms with Gasteiger partial charge in [0, 0.05) is 4.88 Å². The van der Waals surface area contributed by atoms with Crippen molar-refractivity contribution >= 4 is 23.2 Å². The molecule has 2 rings (SSSR count). The predicted octanol–water partition coefficient (Wildman–Crippen LogP) is 3.25. The van der Waals surface area contributed by atoms with Crippen LogP contribution in [0, 0.1) is 6.92 Å². The van der Waals surface area contributed by atoms with E-state index in [1.165, 1.54) is 11.3 Å². The standard InChI is InChI=1S/C19H24N2O4S/c1-5-14-11-17(26-13(14)4)19(23)21-20-18(22)12(3)25-16-9-7-15(8-10-16)24-6-2/h7-12H,5-6H2,1-4H3,(H,20,22)(H,21,23)/t12-/m0/s1. The van der Waals surface area contributed by atoms with E-state index in [0.717, 1.165) is 22.6 Å². The molecular formula is C19H24N2O4S. The number of hydrogen-bond acceptors (Lipinski definition) is 5. The minimum Gasteiger partial charge on any atom is -0.494 e. The van der Waals surface area contributed by atoms with Gasteiger partial charge >= 0.3 is 0 Å². The summed E-state index contributed by atoms with van der Waals surface area (Å²) in [5.41, 5.74) is 5.96. The highest BCUT2D eigenvalue weighted by atomic mass is 32.1. The zero-order chi connectivity index (χ0) is 19.1. The van der Waals surface area contributed by atoms with Crippen molar-refractivity contribution in [3.05, 3.63) is 45.6 Å². The minimum absolute atomic E-state index is 0.334. The lowest BCUT2D eigenvalue weighted by atomic mass is 10.2. The molecule has 0 aliphatic carbocycles. The van der Waals surface area contributed by atoms with E-state index in [0.29, 0.717) is 17.2 Å². The number of thiophene rings is 1. The van der Waals surface area contributed by atoms with Gasteiger partial charge in [-0.3, -0.25) is 20.4 Å².